The second-order valence-electron chi connectivity index (χ2n) is 3.18. The van der Waals surface area contributed by atoms with E-state index in [1.165, 1.54) is 18.0 Å². The fourth-order valence-corrected chi connectivity index (χ4v) is 1.99. The van der Waals surface area contributed by atoms with Crippen LogP contribution in [-0.4, -0.2) is 25.1 Å². The van der Waals surface area contributed by atoms with E-state index in [-0.39, 0.29) is 0 Å². The molecular weight excluding hydrogens is 198 g/mol. The summed E-state index contributed by atoms with van der Waals surface area (Å²) in [6.45, 7) is 3.18. The van der Waals surface area contributed by atoms with Crippen LogP contribution in [0, 0.1) is 0 Å². The van der Waals surface area contributed by atoms with Gasteiger partial charge in [-0.05, 0) is 18.0 Å². The Labute approximate surface area is 88.8 Å². The van der Waals surface area contributed by atoms with E-state index in [4.69, 9.17) is 10.5 Å². The molecule has 0 aliphatic carbocycles. The predicted octanol–water partition coefficient (Wildman–Crippen LogP) is 1.97. The van der Waals surface area contributed by atoms with Crippen molar-refractivity contribution in [3.05, 3.63) is 0 Å². The summed E-state index contributed by atoms with van der Waals surface area (Å²) >= 11 is 1.39. The second-order valence-corrected chi connectivity index (χ2v) is 3.93. The number of unbranched alkanes of at least 4 members (excludes halogenated alkanes) is 1. The summed E-state index contributed by atoms with van der Waals surface area (Å²) in [6.07, 6.45) is 2.35. The minimum atomic E-state index is 0.482. The van der Waals surface area contributed by atoms with Crippen LogP contribution in [0.5, 0.6) is 5.75 Å². The first-order chi connectivity index (χ1) is 6.70. The normalized spacial score (nSPS) is 10.2. The number of aromatic nitrogens is 1. The lowest BCUT2D eigenvalue weighted by Crippen LogP contribution is -2.17. The molecule has 0 unspecified atom stereocenters. The summed E-state index contributed by atoms with van der Waals surface area (Å²) in [7, 11) is 3.66. The van der Waals surface area contributed by atoms with E-state index in [0.29, 0.717) is 11.6 Å². The molecular formula is C9H17N3OS. The lowest BCUT2D eigenvalue weighted by molar-refractivity contribution is 0.418. The first kappa shape index (κ1) is 11.1. The van der Waals surface area contributed by atoms with Crippen molar-refractivity contribution < 1.29 is 4.74 Å². The van der Waals surface area contributed by atoms with Gasteiger partial charge in [0.2, 0.25) is 0 Å². The van der Waals surface area contributed by atoms with Gasteiger partial charge < -0.3 is 15.4 Å². The molecule has 0 atom stereocenters. The number of nitrogens with two attached hydrogens (primary N) is 1. The van der Waals surface area contributed by atoms with Crippen molar-refractivity contribution in [3.8, 4) is 5.75 Å². The Balaban J connectivity index is 2.73. The smallest absolute Gasteiger partial charge is 0.197 e. The van der Waals surface area contributed by atoms with Crippen molar-refractivity contribution in [2.75, 3.05) is 31.3 Å². The average molecular weight is 215 g/mol. The summed E-state index contributed by atoms with van der Waals surface area (Å²) in [5.74, 6) is 1.18. The summed E-state index contributed by atoms with van der Waals surface area (Å²) in [4.78, 5) is 2.14. The monoisotopic (exact) mass is 215 g/mol. The molecule has 0 spiro atoms. The third-order valence-electron chi connectivity index (χ3n) is 2.06. The number of anilines is 2. The van der Waals surface area contributed by atoms with E-state index in [9.17, 15) is 0 Å². The molecule has 0 bridgehead atoms. The zero-order valence-electron chi connectivity index (χ0n) is 8.91. The van der Waals surface area contributed by atoms with Gasteiger partial charge in [-0.15, -0.1) is 0 Å². The van der Waals surface area contributed by atoms with E-state index in [1.54, 1.807) is 7.11 Å². The highest BCUT2D eigenvalue weighted by Crippen LogP contribution is 2.37. The van der Waals surface area contributed by atoms with E-state index < -0.39 is 0 Å². The summed E-state index contributed by atoms with van der Waals surface area (Å²) in [5.41, 5.74) is 5.67. The SMILES string of the molecule is CCCCN(C)c1snc(N)c1OC. The van der Waals surface area contributed by atoms with Crippen LogP contribution in [0.4, 0.5) is 10.8 Å². The number of ether oxygens (including phenoxy) is 1. The van der Waals surface area contributed by atoms with Crippen LogP contribution in [0.1, 0.15) is 19.8 Å². The van der Waals surface area contributed by atoms with E-state index in [0.717, 1.165) is 18.0 Å². The Morgan fingerprint density at radius 3 is 2.86 bits per heavy atom. The number of nitrogen functional groups attached to an aromatic ring is 1. The van der Waals surface area contributed by atoms with Crippen LogP contribution in [-0.2, 0) is 0 Å². The quantitative estimate of drug-likeness (QED) is 0.816. The number of rotatable bonds is 5. The molecule has 5 heteroatoms. The van der Waals surface area contributed by atoms with Crippen LogP contribution in [0.25, 0.3) is 0 Å². The second kappa shape index (κ2) is 5.05. The molecule has 1 rings (SSSR count). The van der Waals surface area contributed by atoms with Gasteiger partial charge in [-0.2, -0.15) is 4.37 Å². The van der Waals surface area contributed by atoms with Crippen LogP contribution >= 0.6 is 11.5 Å². The topological polar surface area (TPSA) is 51.4 Å². The lowest BCUT2D eigenvalue weighted by atomic mass is 10.3. The van der Waals surface area contributed by atoms with Crippen molar-refractivity contribution in [1.82, 2.24) is 4.37 Å². The molecule has 2 N–H and O–H groups in total. The molecule has 80 valence electrons. The summed E-state index contributed by atoms with van der Waals surface area (Å²) in [6, 6.07) is 0. The predicted molar refractivity (Wildman–Crippen MR) is 61.3 cm³/mol. The zero-order valence-corrected chi connectivity index (χ0v) is 9.73. The molecule has 0 aliphatic rings. The molecule has 1 aromatic rings. The maximum Gasteiger partial charge on any atom is 0.197 e. The third-order valence-corrected chi connectivity index (χ3v) is 3.01. The van der Waals surface area contributed by atoms with Crippen LogP contribution in [0.2, 0.25) is 0 Å². The minimum absolute atomic E-state index is 0.482. The van der Waals surface area contributed by atoms with Gasteiger partial charge in [0.15, 0.2) is 16.6 Å². The van der Waals surface area contributed by atoms with Crippen molar-refractivity contribution in [3.63, 3.8) is 0 Å². The average Bonchev–Trinajstić information content (AvgIpc) is 2.55. The van der Waals surface area contributed by atoms with Crippen molar-refractivity contribution in [2.24, 2.45) is 0 Å². The van der Waals surface area contributed by atoms with Gasteiger partial charge in [-0.1, -0.05) is 13.3 Å². The van der Waals surface area contributed by atoms with Gasteiger partial charge in [-0.3, -0.25) is 0 Å². The molecule has 0 aromatic carbocycles. The van der Waals surface area contributed by atoms with Gasteiger partial charge in [0.05, 0.1) is 7.11 Å². The van der Waals surface area contributed by atoms with Gasteiger partial charge in [0.1, 0.15) is 0 Å². The molecule has 0 saturated heterocycles. The van der Waals surface area contributed by atoms with Gasteiger partial charge >= 0.3 is 0 Å². The number of methoxy groups -OCH3 is 1. The lowest BCUT2D eigenvalue weighted by Gasteiger charge is -2.17. The van der Waals surface area contributed by atoms with E-state index in [2.05, 4.69) is 16.2 Å². The molecule has 0 aliphatic heterocycles. The minimum Gasteiger partial charge on any atom is -0.490 e. The Kier molecular flexibility index (Phi) is 4.00. The molecule has 1 heterocycles. The Morgan fingerprint density at radius 2 is 2.29 bits per heavy atom. The van der Waals surface area contributed by atoms with Crippen LogP contribution in [0.15, 0.2) is 0 Å². The molecule has 0 amide bonds. The largest absolute Gasteiger partial charge is 0.490 e. The number of hydrogen-bond donors (Lipinski definition) is 1. The van der Waals surface area contributed by atoms with E-state index in [1.807, 2.05) is 7.05 Å². The van der Waals surface area contributed by atoms with Crippen molar-refractivity contribution >= 4 is 22.4 Å². The molecule has 1 aromatic heterocycles. The highest BCUT2D eigenvalue weighted by molar-refractivity contribution is 7.11. The molecule has 14 heavy (non-hydrogen) atoms. The van der Waals surface area contributed by atoms with Crippen LogP contribution in [0.3, 0.4) is 0 Å². The molecule has 0 saturated carbocycles. The fraction of sp³-hybridized carbons (Fsp3) is 0.667. The van der Waals surface area contributed by atoms with Crippen LogP contribution < -0.4 is 15.4 Å². The number of nitrogens with zero attached hydrogens (tertiary/aromatic N) is 2. The van der Waals surface area contributed by atoms with Gasteiger partial charge in [0, 0.05) is 13.6 Å². The Morgan fingerprint density at radius 1 is 1.57 bits per heavy atom. The summed E-state index contributed by atoms with van der Waals surface area (Å²) in [5, 5.41) is 1.01. The standard InChI is InChI=1S/C9H17N3OS/c1-4-5-6-12(2)9-7(13-3)8(10)11-14-9/h4-6H2,1-3H3,(H2,10,11). The first-order valence-corrected chi connectivity index (χ1v) is 5.48. The molecule has 0 radical (unpaired) electrons. The molecule has 0 fully saturated rings. The zero-order chi connectivity index (χ0) is 10.6. The maximum atomic E-state index is 5.67. The van der Waals surface area contributed by atoms with Crippen molar-refractivity contribution in [2.45, 2.75) is 19.8 Å². The highest BCUT2D eigenvalue weighted by atomic mass is 32.1. The van der Waals surface area contributed by atoms with E-state index >= 15 is 0 Å². The summed E-state index contributed by atoms with van der Waals surface area (Å²) < 4.78 is 9.27. The Hall–Kier alpha value is -0.970. The van der Waals surface area contributed by atoms with Gasteiger partial charge in [-0.25, -0.2) is 0 Å². The van der Waals surface area contributed by atoms with Crippen molar-refractivity contribution in [1.29, 1.82) is 0 Å². The highest BCUT2D eigenvalue weighted by Gasteiger charge is 2.14. The molecule has 4 nitrogen and oxygen atoms in total. The number of hydrogen-bond acceptors (Lipinski definition) is 5. The first-order valence-electron chi connectivity index (χ1n) is 4.71. The Bertz CT molecular complexity index is 288. The third kappa shape index (κ3) is 2.29. The van der Waals surface area contributed by atoms with Gasteiger partial charge in [0.25, 0.3) is 0 Å². The maximum absolute atomic E-state index is 5.67. The fourth-order valence-electron chi connectivity index (χ4n) is 1.22.